The Balaban J connectivity index is 0.000000218. The first-order valence-corrected chi connectivity index (χ1v) is 3.54. The van der Waals surface area contributed by atoms with E-state index < -0.39 is 0 Å². The van der Waals surface area contributed by atoms with Gasteiger partial charge in [-0.05, 0) is 12.8 Å². The number of carbonyl (C=O) groups is 2. The minimum absolute atomic E-state index is 0.214. The average Bonchev–Trinajstić information content (AvgIpc) is 2.07. The summed E-state index contributed by atoms with van der Waals surface area (Å²) in [4.78, 5) is 19.3. The molecule has 0 atom stereocenters. The third kappa shape index (κ3) is 6.83. The maximum absolute atomic E-state index is 10.4. The van der Waals surface area contributed by atoms with Crippen LogP contribution in [-0.4, -0.2) is 26.0 Å². The Morgan fingerprint density at radius 3 is 2.36 bits per heavy atom. The van der Waals surface area contributed by atoms with Crippen LogP contribution in [0.1, 0.15) is 19.3 Å². The Labute approximate surface area is 65.9 Å². The summed E-state index contributed by atoms with van der Waals surface area (Å²) in [5, 5.41) is 2.74. The van der Waals surface area contributed by atoms with Gasteiger partial charge in [-0.3, -0.25) is 9.59 Å². The van der Waals surface area contributed by atoms with Crippen LogP contribution in [0.3, 0.4) is 0 Å². The molecule has 1 aliphatic rings. The van der Waals surface area contributed by atoms with Gasteiger partial charge in [-0.1, -0.05) is 0 Å². The SMILES string of the molecule is COC=O.O=C1CCCCN1. The molecule has 0 radical (unpaired) electrons. The van der Waals surface area contributed by atoms with Crippen molar-refractivity contribution >= 4 is 12.4 Å². The van der Waals surface area contributed by atoms with Gasteiger partial charge in [0.2, 0.25) is 5.91 Å². The summed E-state index contributed by atoms with van der Waals surface area (Å²) in [5.41, 5.74) is 0. The molecule has 0 aromatic heterocycles. The molecule has 1 heterocycles. The number of amides is 1. The first kappa shape index (κ1) is 9.94. The Hall–Kier alpha value is -1.06. The Morgan fingerprint density at radius 2 is 2.18 bits per heavy atom. The lowest BCUT2D eigenvalue weighted by molar-refractivity contribution is -0.126. The van der Waals surface area contributed by atoms with Crippen LogP contribution < -0.4 is 5.32 Å². The topological polar surface area (TPSA) is 55.4 Å². The van der Waals surface area contributed by atoms with E-state index in [4.69, 9.17) is 4.79 Å². The monoisotopic (exact) mass is 159 g/mol. The molecule has 0 aromatic carbocycles. The van der Waals surface area contributed by atoms with Crippen molar-refractivity contribution in [2.75, 3.05) is 13.7 Å². The van der Waals surface area contributed by atoms with Gasteiger partial charge in [-0.2, -0.15) is 0 Å². The molecule has 0 aliphatic carbocycles. The molecule has 0 unspecified atom stereocenters. The third-order valence-electron chi connectivity index (χ3n) is 1.25. The minimum atomic E-state index is 0.214. The third-order valence-corrected chi connectivity index (χ3v) is 1.25. The summed E-state index contributed by atoms with van der Waals surface area (Å²) >= 11 is 0. The van der Waals surface area contributed by atoms with Crippen LogP contribution in [0, 0.1) is 0 Å². The van der Waals surface area contributed by atoms with Crippen LogP contribution in [0.15, 0.2) is 0 Å². The maximum atomic E-state index is 10.4. The van der Waals surface area contributed by atoms with Crippen LogP contribution in [0.5, 0.6) is 0 Å². The van der Waals surface area contributed by atoms with E-state index in [2.05, 4.69) is 10.1 Å². The highest BCUT2D eigenvalue weighted by Gasteiger charge is 2.04. The van der Waals surface area contributed by atoms with Crippen molar-refractivity contribution in [3.8, 4) is 0 Å². The van der Waals surface area contributed by atoms with E-state index in [-0.39, 0.29) is 5.91 Å². The summed E-state index contributed by atoms with van der Waals surface area (Å²) in [6.45, 7) is 1.26. The second kappa shape index (κ2) is 7.05. The predicted octanol–water partition coefficient (Wildman–Crippen LogP) is 0.0757. The summed E-state index contributed by atoms with van der Waals surface area (Å²) in [7, 11) is 1.31. The lowest BCUT2D eigenvalue weighted by Gasteiger charge is -2.08. The van der Waals surface area contributed by atoms with Gasteiger partial charge in [0.1, 0.15) is 0 Å². The molecule has 4 nitrogen and oxygen atoms in total. The standard InChI is InChI=1S/C5H9NO.C2H4O2/c7-5-3-1-2-4-6-5;1-4-2-3/h1-4H2,(H,6,7);2H,1H3. The highest BCUT2D eigenvalue weighted by atomic mass is 16.5. The largest absolute Gasteiger partial charge is 0.471 e. The summed E-state index contributed by atoms with van der Waals surface area (Å²) < 4.78 is 3.86. The molecule has 1 rings (SSSR count). The summed E-state index contributed by atoms with van der Waals surface area (Å²) in [6, 6.07) is 0. The van der Waals surface area contributed by atoms with Crippen molar-refractivity contribution in [1.29, 1.82) is 0 Å². The smallest absolute Gasteiger partial charge is 0.292 e. The first-order valence-electron chi connectivity index (χ1n) is 3.54. The highest BCUT2D eigenvalue weighted by Crippen LogP contribution is 1.98. The lowest BCUT2D eigenvalue weighted by Crippen LogP contribution is -2.28. The van der Waals surface area contributed by atoms with Gasteiger partial charge in [-0.25, -0.2) is 0 Å². The zero-order chi connectivity index (χ0) is 8.53. The Kier molecular flexibility index (Phi) is 6.37. The number of hydrogen-bond donors (Lipinski definition) is 1. The predicted molar refractivity (Wildman–Crippen MR) is 39.9 cm³/mol. The van der Waals surface area contributed by atoms with Crippen molar-refractivity contribution in [1.82, 2.24) is 5.32 Å². The zero-order valence-corrected chi connectivity index (χ0v) is 6.63. The molecule has 1 amide bonds. The fourth-order valence-electron chi connectivity index (χ4n) is 0.727. The number of methoxy groups -OCH3 is 1. The second-order valence-electron chi connectivity index (χ2n) is 2.14. The van der Waals surface area contributed by atoms with Crippen LogP contribution in [0.4, 0.5) is 0 Å². The summed E-state index contributed by atoms with van der Waals surface area (Å²) in [5.74, 6) is 0.214. The quantitative estimate of drug-likeness (QED) is 0.551. The van der Waals surface area contributed by atoms with Crippen molar-refractivity contribution in [2.45, 2.75) is 19.3 Å². The number of ether oxygens (including phenoxy) is 1. The molecule has 0 aromatic rings. The van der Waals surface area contributed by atoms with E-state index in [9.17, 15) is 4.79 Å². The minimum Gasteiger partial charge on any atom is -0.471 e. The molecule has 64 valence electrons. The van der Waals surface area contributed by atoms with Crippen molar-refractivity contribution < 1.29 is 14.3 Å². The number of nitrogens with one attached hydrogen (secondary N) is 1. The molecule has 1 saturated heterocycles. The van der Waals surface area contributed by atoms with Crippen molar-refractivity contribution in [2.24, 2.45) is 0 Å². The van der Waals surface area contributed by atoms with Gasteiger partial charge in [0, 0.05) is 13.0 Å². The van der Waals surface area contributed by atoms with E-state index in [1.165, 1.54) is 7.11 Å². The van der Waals surface area contributed by atoms with Gasteiger partial charge >= 0.3 is 0 Å². The van der Waals surface area contributed by atoms with Gasteiger partial charge in [0.05, 0.1) is 7.11 Å². The Morgan fingerprint density at radius 1 is 1.55 bits per heavy atom. The molecule has 0 spiro atoms. The maximum Gasteiger partial charge on any atom is 0.292 e. The Bertz CT molecular complexity index is 117. The molecular formula is C7H13NO3. The van der Waals surface area contributed by atoms with Gasteiger partial charge in [0.25, 0.3) is 6.47 Å². The molecule has 1 N–H and O–H groups in total. The van der Waals surface area contributed by atoms with Crippen LogP contribution >= 0.6 is 0 Å². The molecule has 0 saturated carbocycles. The van der Waals surface area contributed by atoms with Crippen LogP contribution in [0.2, 0.25) is 0 Å². The molecule has 4 heteroatoms. The molecular weight excluding hydrogens is 146 g/mol. The van der Waals surface area contributed by atoms with Gasteiger partial charge < -0.3 is 10.1 Å². The van der Waals surface area contributed by atoms with E-state index in [0.717, 1.165) is 25.8 Å². The number of hydrogen-bond acceptors (Lipinski definition) is 3. The number of carbonyl (C=O) groups excluding carboxylic acids is 2. The van der Waals surface area contributed by atoms with E-state index >= 15 is 0 Å². The van der Waals surface area contributed by atoms with Crippen LogP contribution in [0.25, 0.3) is 0 Å². The first-order chi connectivity index (χ1) is 5.31. The van der Waals surface area contributed by atoms with E-state index in [1.54, 1.807) is 0 Å². The average molecular weight is 159 g/mol. The molecule has 1 aliphatic heterocycles. The normalized spacial score (nSPS) is 15.5. The van der Waals surface area contributed by atoms with E-state index in [0.29, 0.717) is 6.47 Å². The molecule has 1 fully saturated rings. The number of rotatable bonds is 1. The molecule has 0 bridgehead atoms. The molecule has 11 heavy (non-hydrogen) atoms. The van der Waals surface area contributed by atoms with E-state index in [1.807, 2.05) is 0 Å². The van der Waals surface area contributed by atoms with Gasteiger partial charge in [-0.15, -0.1) is 0 Å². The van der Waals surface area contributed by atoms with Gasteiger partial charge in [0.15, 0.2) is 0 Å². The number of piperidine rings is 1. The van der Waals surface area contributed by atoms with Crippen molar-refractivity contribution in [3.05, 3.63) is 0 Å². The second-order valence-corrected chi connectivity index (χ2v) is 2.14. The lowest BCUT2D eigenvalue weighted by atomic mass is 10.2. The fourth-order valence-corrected chi connectivity index (χ4v) is 0.727. The van der Waals surface area contributed by atoms with Crippen molar-refractivity contribution in [3.63, 3.8) is 0 Å². The van der Waals surface area contributed by atoms with Crippen LogP contribution in [-0.2, 0) is 14.3 Å². The fraction of sp³-hybridized carbons (Fsp3) is 0.714. The highest BCUT2D eigenvalue weighted by molar-refractivity contribution is 5.76. The zero-order valence-electron chi connectivity index (χ0n) is 6.63. The summed E-state index contributed by atoms with van der Waals surface area (Å²) in [6.07, 6.45) is 2.97.